The minimum absolute atomic E-state index is 0.00523. The molecule has 4 heteroatoms. The SMILES string of the molecule is CCCc1oc2ccccc2c1C(=O)c1ccc(OCCNC(C)(C)C)cc1. The predicted molar refractivity (Wildman–Crippen MR) is 113 cm³/mol. The van der Waals surface area contributed by atoms with Crippen LogP contribution in [0, 0.1) is 0 Å². The molecule has 0 unspecified atom stereocenters. The van der Waals surface area contributed by atoms with Gasteiger partial charge in [-0.2, -0.15) is 0 Å². The topological polar surface area (TPSA) is 51.5 Å². The maximum Gasteiger partial charge on any atom is 0.197 e. The molecule has 148 valence electrons. The molecule has 0 aliphatic rings. The van der Waals surface area contributed by atoms with Gasteiger partial charge in [0.1, 0.15) is 23.7 Å². The lowest BCUT2D eigenvalue weighted by atomic mass is 9.98. The second-order valence-corrected chi connectivity index (χ2v) is 8.03. The van der Waals surface area contributed by atoms with Crippen molar-refractivity contribution in [2.45, 2.75) is 46.1 Å². The number of furan rings is 1. The standard InChI is InChI=1S/C24H29NO3/c1-5-8-21-22(19-9-6-7-10-20(19)28-21)23(26)17-11-13-18(14-12-17)27-16-15-25-24(2,3)4/h6-7,9-14,25H,5,8,15-16H2,1-4H3. The van der Waals surface area contributed by atoms with Crippen LogP contribution in [0.15, 0.2) is 52.9 Å². The summed E-state index contributed by atoms with van der Waals surface area (Å²) in [5, 5.41) is 4.27. The van der Waals surface area contributed by atoms with E-state index in [1.807, 2.05) is 48.5 Å². The second kappa shape index (κ2) is 8.61. The van der Waals surface area contributed by atoms with Crippen LogP contribution in [-0.2, 0) is 6.42 Å². The summed E-state index contributed by atoms with van der Waals surface area (Å²) in [5.41, 5.74) is 2.16. The summed E-state index contributed by atoms with van der Waals surface area (Å²) in [5.74, 6) is 1.52. The van der Waals surface area contributed by atoms with E-state index in [2.05, 4.69) is 33.0 Å². The van der Waals surface area contributed by atoms with Crippen LogP contribution in [0.25, 0.3) is 11.0 Å². The zero-order valence-electron chi connectivity index (χ0n) is 17.2. The Morgan fingerprint density at radius 1 is 1.07 bits per heavy atom. The fourth-order valence-electron chi connectivity index (χ4n) is 3.19. The number of fused-ring (bicyclic) bond motifs is 1. The van der Waals surface area contributed by atoms with Crippen LogP contribution in [0.1, 0.15) is 55.8 Å². The van der Waals surface area contributed by atoms with Crippen LogP contribution >= 0.6 is 0 Å². The van der Waals surface area contributed by atoms with Crippen LogP contribution in [-0.4, -0.2) is 24.5 Å². The van der Waals surface area contributed by atoms with Gasteiger partial charge in [-0.15, -0.1) is 0 Å². The van der Waals surface area contributed by atoms with E-state index >= 15 is 0 Å². The Balaban J connectivity index is 1.75. The molecule has 28 heavy (non-hydrogen) atoms. The number of carbonyl (C=O) groups is 1. The number of para-hydroxylation sites is 1. The Morgan fingerprint density at radius 3 is 2.46 bits per heavy atom. The highest BCUT2D eigenvalue weighted by Gasteiger charge is 2.21. The van der Waals surface area contributed by atoms with E-state index in [1.165, 1.54) is 0 Å². The van der Waals surface area contributed by atoms with E-state index in [9.17, 15) is 4.79 Å². The Labute approximate surface area is 166 Å². The molecule has 0 atom stereocenters. The third kappa shape index (κ3) is 4.82. The first-order chi connectivity index (χ1) is 13.4. The first-order valence-corrected chi connectivity index (χ1v) is 9.92. The Hall–Kier alpha value is -2.59. The number of hydrogen-bond acceptors (Lipinski definition) is 4. The number of rotatable bonds is 8. The molecule has 1 aromatic heterocycles. The Bertz CT molecular complexity index is 933. The molecular weight excluding hydrogens is 350 g/mol. The van der Waals surface area contributed by atoms with Crippen molar-refractivity contribution in [1.29, 1.82) is 0 Å². The van der Waals surface area contributed by atoms with E-state index in [4.69, 9.17) is 9.15 Å². The highest BCUT2D eigenvalue weighted by Crippen LogP contribution is 2.29. The van der Waals surface area contributed by atoms with Gasteiger partial charge in [0.05, 0.1) is 5.56 Å². The van der Waals surface area contributed by atoms with E-state index in [0.29, 0.717) is 17.7 Å². The number of ketones is 1. The lowest BCUT2D eigenvalue weighted by Crippen LogP contribution is -2.38. The molecule has 3 aromatic rings. The van der Waals surface area contributed by atoms with E-state index < -0.39 is 0 Å². The van der Waals surface area contributed by atoms with Gasteiger partial charge in [0, 0.05) is 29.5 Å². The number of carbonyl (C=O) groups excluding carboxylic acids is 1. The Morgan fingerprint density at radius 2 is 1.79 bits per heavy atom. The minimum Gasteiger partial charge on any atom is -0.492 e. The third-order valence-corrected chi connectivity index (χ3v) is 4.52. The smallest absolute Gasteiger partial charge is 0.197 e. The quantitative estimate of drug-likeness (QED) is 0.421. The second-order valence-electron chi connectivity index (χ2n) is 8.03. The van der Waals surface area contributed by atoms with Gasteiger partial charge in [-0.25, -0.2) is 0 Å². The van der Waals surface area contributed by atoms with Crippen molar-refractivity contribution in [1.82, 2.24) is 5.32 Å². The summed E-state index contributed by atoms with van der Waals surface area (Å²) < 4.78 is 11.7. The third-order valence-electron chi connectivity index (χ3n) is 4.52. The molecule has 0 spiro atoms. The predicted octanol–water partition coefficient (Wildman–Crippen LogP) is 5.38. The maximum atomic E-state index is 13.2. The molecule has 1 N–H and O–H groups in total. The fourth-order valence-corrected chi connectivity index (χ4v) is 3.19. The number of aryl methyl sites for hydroxylation is 1. The van der Waals surface area contributed by atoms with Gasteiger partial charge < -0.3 is 14.5 Å². The van der Waals surface area contributed by atoms with Crippen LogP contribution in [0.2, 0.25) is 0 Å². The molecular formula is C24H29NO3. The molecule has 2 aromatic carbocycles. The summed E-state index contributed by atoms with van der Waals surface area (Å²) in [6, 6.07) is 15.1. The summed E-state index contributed by atoms with van der Waals surface area (Å²) in [4.78, 5) is 13.2. The van der Waals surface area contributed by atoms with Gasteiger partial charge in [0.15, 0.2) is 5.78 Å². The van der Waals surface area contributed by atoms with Crippen molar-refractivity contribution < 1.29 is 13.9 Å². The normalized spacial score (nSPS) is 11.7. The molecule has 0 fully saturated rings. The molecule has 0 radical (unpaired) electrons. The lowest BCUT2D eigenvalue weighted by Gasteiger charge is -2.20. The van der Waals surface area contributed by atoms with Crippen molar-refractivity contribution in [2.24, 2.45) is 0 Å². The van der Waals surface area contributed by atoms with Gasteiger partial charge in [0.25, 0.3) is 0 Å². The van der Waals surface area contributed by atoms with Crippen molar-refractivity contribution in [3.63, 3.8) is 0 Å². The van der Waals surface area contributed by atoms with E-state index in [0.717, 1.165) is 41.9 Å². The highest BCUT2D eigenvalue weighted by molar-refractivity contribution is 6.16. The molecule has 0 aliphatic heterocycles. The van der Waals surface area contributed by atoms with Crippen molar-refractivity contribution >= 4 is 16.8 Å². The van der Waals surface area contributed by atoms with Gasteiger partial charge in [-0.05, 0) is 57.5 Å². The number of hydrogen-bond donors (Lipinski definition) is 1. The van der Waals surface area contributed by atoms with Crippen LogP contribution in [0.5, 0.6) is 5.75 Å². The fraction of sp³-hybridized carbons (Fsp3) is 0.375. The van der Waals surface area contributed by atoms with Gasteiger partial charge in [-0.3, -0.25) is 4.79 Å². The van der Waals surface area contributed by atoms with Crippen LogP contribution < -0.4 is 10.1 Å². The molecule has 0 saturated heterocycles. The first-order valence-electron chi connectivity index (χ1n) is 9.92. The largest absolute Gasteiger partial charge is 0.492 e. The lowest BCUT2D eigenvalue weighted by molar-refractivity contribution is 0.103. The zero-order valence-corrected chi connectivity index (χ0v) is 17.2. The minimum atomic E-state index is -0.00523. The van der Waals surface area contributed by atoms with Crippen LogP contribution in [0.4, 0.5) is 0 Å². The molecule has 4 nitrogen and oxygen atoms in total. The highest BCUT2D eigenvalue weighted by atomic mass is 16.5. The van der Waals surface area contributed by atoms with Crippen molar-refractivity contribution in [2.75, 3.05) is 13.2 Å². The summed E-state index contributed by atoms with van der Waals surface area (Å²) in [6.07, 6.45) is 1.67. The van der Waals surface area contributed by atoms with E-state index in [-0.39, 0.29) is 11.3 Å². The van der Waals surface area contributed by atoms with Crippen LogP contribution in [0.3, 0.4) is 0 Å². The number of ether oxygens (including phenoxy) is 1. The van der Waals surface area contributed by atoms with Gasteiger partial charge in [0.2, 0.25) is 0 Å². The summed E-state index contributed by atoms with van der Waals surface area (Å²) in [7, 11) is 0. The number of nitrogens with one attached hydrogen (secondary N) is 1. The van der Waals surface area contributed by atoms with Crippen molar-refractivity contribution in [3.05, 3.63) is 65.4 Å². The summed E-state index contributed by atoms with van der Waals surface area (Å²) >= 11 is 0. The van der Waals surface area contributed by atoms with Gasteiger partial charge >= 0.3 is 0 Å². The van der Waals surface area contributed by atoms with Crippen molar-refractivity contribution in [3.8, 4) is 5.75 Å². The first kappa shape index (κ1) is 20.2. The molecule has 3 rings (SSSR count). The molecule has 0 saturated carbocycles. The molecule has 0 bridgehead atoms. The zero-order chi connectivity index (χ0) is 20.1. The monoisotopic (exact) mass is 379 g/mol. The summed E-state index contributed by atoms with van der Waals surface area (Å²) in [6.45, 7) is 9.81. The maximum absolute atomic E-state index is 13.2. The van der Waals surface area contributed by atoms with E-state index in [1.54, 1.807) is 0 Å². The Kier molecular flexibility index (Phi) is 6.20. The molecule has 0 amide bonds. The molecule has 1 heterocycles. The average Bonchev–Trinajstić information content (AvgIpc) is 3.03. The average molecular weight is 380 g/mol. The molecule has 0 aliphatic carbocycles. The van der Waals surface area contributed by atoms with Gasteiger partial charge in [-0.1, -0.05) is 25.1 Å². The number of benzene rings is 2.